The lowest BCUT2D eigenvalue weighted by atomic mass is 9.98. The van der Waals surface area contributed by atoms with Crippen molar-refractivity contribution in [2.45, 2.75) is 125 Å². The van der Waals surface area contributed by atoms with E-state index in [4.69, 9.17) is 34.2 Å². The van der Waals surface area contributed by atoms with E-state index in [1.54, 1.807) is 48.5 Å². The smallest absolute Gasteiger partial charge is 0.345 e. The fourth-order valence-corrected chi connectivity index (χ4v) is 5.90. The summed E-state index contributed by atoms with van der Waals surface area (Å²) >= 11 is 0. The van der Waals surface area contributed by atoms with Crippen molar-refractivity contribution in [3.63, 3.8) is 0 Å². The first-order valence-corrected chi connectivity index (χ1v) is 26.7. The highest BCUT2D eigenvalue weighted by Crippen LogP contribution is 2.25. The third kappa shape index (κ3) is 28.2. The van der Waals surface area contributed by atoms with E-state index in [1.807, 2.05) is 155 Å². The van der Waals surface area contributed by atoms with Crippen LogP contribution in [0.1, 0.15) is 141 Å². The van der Waals surface area contributed by atoms with E-state index in [-0.39, 0.29) is 107 Å². The van der Waals surface area contributed by atoms with Gasteiger partial charge in [0.15, 0.2) is 0 Å². The molecular weight excluding hydrogens is 1030 g/mol. The average Bonchev–Trinajstić information content (AvgIpc) is 3.35. The second kappa shape index (κ2) is 29.0. The van der Waals surface area contributed by atoms with E-state index in [0.29, 0.717) is 22.5 Å². The number of aromatic nitrogens is 3. The predicted molar refractivity (Wildman–Crippen MR) is 317 cm³/mol. The Morgan fingerprint density at radius 3 is 0.802 bits per heavy atom. The number of anilines is 5. The van der Waals surface area contributed by atoms with Gasteiger partial charge in [0.25, 0.3) is 0 Å². The monoisotopic (exact) mass is 1120 g/mol. The molecule has 440 valence electrons. The number of rotatable bonds is 19. The first kappa shape index (κ1) is 67.4. The number of nitrogens with two attached hydrogens (primary N) is 1. The molecule has 18 nitrogen and oxygen atoms in total. The normalized spacial score (nSPS) is 11.7. The minimum absolute atomic E-state index is 0.0477. The van der Waals surface area contributed by atoms with Crippen LogP contribution in [0, 0.1) is 32.5 Å². The van der Waals surface area contributed by atoms with Crippen molar-refractivity contribution >= 4 is 83.3 Å². The van der Waals surface area contributed by atoms with Crippen LogP contribution in [0.3, 0.4) is 0 Å². The van der Waals surface area contributed by atoms with E-state index >= 15 is 0 Å². The quantitative estimate of drug-likeness (QED) is 0.0260. The van der Waals surface area contributed by atoms with Gasteiger partial charge < -0.3 is 44.8 Å². The van der Waals surface area contributed by atoms with Gasteiger partial charge in [-0.05, 0) is 91.7 Å². The zero-order chi connectivity index (χ0) is 61.1. The molecule has 4 aromatic rings. The van der Waals surface area contributed by atoms with Crippen LogP contribution >= 0.6 is 0 Å². The lowest BCUT2D eigenvalue weighted by molar-refractivity contribution is -0.151. The van der Waals surface area contributed by atoms with Crippen LogP contribution in [0.5, 0.6) is 0 Å². The van der Waals surface area contributed by atoms with Gasteiger partial charge in [-0.3, -0.25) is 0 Å². The van der Waals surface area contributed by atoms with Crippen molar-refractivity contribution in [1.29, 1.82) is 0 Å². The second-order valence-corrected chi connectivity index (χ2v) is 26.7. The van der Waals surface area contributed by atoms with E-state index in [2.05, 4.69) is 25.6 Å². The van der Waals surface area contributed by atoms with Gasteiger partial charge in [-0.25, -0.2) is 28.8 Å². The predicted octanol–water partition coefficient (Wildman–Crippen LogP) is 12.3. The summed E-state index contributed by atoms with van der Waals surface area (Å²) in [4.78, 5) is 89.5. The number of esters is 6. The number of hydrogen-bond acceptors (Lipinski definition) is 18. The summed E-state index contributed by atoms with van der Waals surface area (Å²) in [6, 6.07) is 22.9. The SMILES string of the molecule is CC(C)(C)COC(=O)C(=Cc1ccc(Nc2nc(N)nc(Nc3ccc(C=C(C(=O)OCC(C)(C)C)C(=O)OCC(C)(C)C)cc3)n2)cc1)C(=O)OCC(C)(C)C.CC(C)(C)COC(=O)C(=Cc1ccccc1)C(=O)OCC(C)(C)C. The molecule has 0 saturated carbocycles. The van der Waals surface area contributed by atoms with Gasteiger partial charge in [0, 0.05) is 11.4 Å². The topological polar surface area (TPSA) is 247 Å². The molecule has 0 aliphatic heterocycles. The Hall–Kier alpha value is -7.89. The van der Waals surface area contributed by atoms with Crippen molar-refractivity contribution < 1.29 is 57.2 Å². The third-order valence-electron chi connectivity index (χ3n) is 9.86. The number of ether oxygens (including phenoxy) is 6. The highest BCUT2D eigenvalue weighted by Gasteiger charge is 2.29. The van der Waals surface area contributed by atoms with Crippen molar-refractivity contribution in [2.24, 2.45) is 32.5 Å². The van der Waals surface area contributed by atoms with Crippen LogP contribution in [0.2, 0.25) is 0 Å². The molecule has 0 bridgehead atoms. The first-order chi connectivity index (χ1) is 37.2. The summed E-state index contributed by atoms with van der Waals surface area (Å²) in [6.07, 6.45) is 4.38. The fourth-order valence-electron chi connectivity index (χ4n) is 5.90. The van der Waals surface area contributed by atoms with Gasteiger partial charge in [0.2, 0.25) is 17.8 Å². The molecule has 1 aromatic heterocycles. The summed E-state index contributed by atoms with van der Waals surface area (Å²) in [5, 5.41) is 6.16. The van der Waals surface area contributed by atoms with E-state index in [0.717, 1.165) is 5.56 Å². The maximum Gasteiger partial charge on any atom is 0.345 e. The van der Waals surface area contributed by atoms with Gasteiger partial charge >= 0.3 is 35.8 Å². The zero-order valence-corrected chi connectivity index (χ0v) is 50.8. The lowest BCUT2D eigenvalue weighted by Gasteiger charge is -2.20. The summed E-state index contributed by atoms with van der Waals surface area (Å²) in [6.45, 7) is 35.8. The van der Waals surface area contributed by atoms with Gasteiger partial charge in [0.1, 0.15) is 16.7 Å². The third-order valence-corrected chi connectivity index (χ3v) is 9.86. The van der Waals surface area contributed by atoms with Crippen LogP contribution in [-0.2, 0) is 57.2 Å². The summed E-state index contributed by atoms with van der Waals surface area (Å²) < 4.78 is 32.3. The van der Waals surface area contributed by atoms with Gasteiger partial charge in [-0.2, -0.15) is 15.0 Å². The maximum absolute atomic E-state index is 13.0. The fraction of sp³-hybridized carbons (Fsp3) is 0.476. The standard InChI is InChI=1S/C43H58N6O8.C20H28O4/c1-40(2,3)23-54-33(50)31(34(51)55-24-41(4,5)6)21-27-13-17-29(18-14-27)45-38-47-37(44)48-39(49-38)46-30-19-15-28(16-20-30)22-32(35(52)56-25-42(7,8)9)36(53)57-26-43(10,11)12;1-19(2,3)13-23-17(21)16(12-15-10-8-7-9-11-15)18(22)24-14-20(4,5)6/h13-22H,23-26H2,1-12H3,(H4,44,45,46,47,48,49);7-12H,13-14H2,1-6H3. The zero-order valence-electron chi connectivity index (χ0n) is 50.8. The van der Waals surface area contributed by atoms with Crippen molar-refractivity contribution in [1.82, 2.24) is 15.0 Å². The molecule has 0 saturated heterocycles. The molecule has 1 heterocycles. The number of benzene rings is 3. The number of carbonyl (C=O) groups is 6. The summed E-state index contributed by atoms with van der Waals surface area (Å²) in [5.41, 5.74) is 7.00. The molecule has 0 spiro atoms. The largest absolute Gasteiger partial charge is 0.461 e. The molecule has 0 atom stereocenters. The van der Waals surface area contributed by atoms with Crippen LogP contribution in [0.25, 0.3) is 18.2 Å². The molecule has 4 rings (SSSR count). The average molecular weight is 1120 g/mol. The number of nitrogen functional groups attached to an aromatic ring is 1. The second-order valence-electron chi connectivity index (χ2n) is 26.7. The van der Waals surface area contributed by atoms with Gasteiger partial charge in [-0.15, -0.1) is 0 Å². The summed E-state index contributed by atoms with van der Waals surface area (Å²) in [7, 11) is 0. The van der Waals surface area contributed by atoms with Gasteiger partial charge in [-0.1, -0.05) is 179 Å². The Bertz CT molecular complexity index is 2640. The minimum atomic E-state index is -0.768. The van der Waals surface area contributed by atoms with Crippen molar-refractivity contribution in [3.05, 3.63) is 112 Å². The molecule has 0 amide bonds. The summed E-state index contributed by atoms with van der Waals surface area (Å²) in [5.74, 6) is -4.14. The Balaban J connectivity index is 0.000000597. The molecule has 0 aliphatic carbocycles. The van der Waals surface area contributed by atoms with Crippen LogP contribution in [0.4, 0.5) is 29.2 Å². The highest BCUT2D eigenvalue weighted by molar-refractivity contribution is 6.19. The molecule has 3 aromatic carbocycles. The van der Waals surface area contributed by atoms with Crippen LogP contribution < -0.4 is 16.4 Å². The van der Waals surface area contributed by atoms with E-state index in [9.17, 15) is 28.8 Å². The van der Waals surface area contributed by atoms with E-state index in [1.165, 1.54) is 18.2 Å². The minimum Gasteiger partial charge on any atom is -0.461 e. The van der Waals surface area contributed by atoms with E-state index < -0.39 is 35.8 Å². The van der Waals surface area contributed by atoms with Crippen molar-refractivity contribution in [2.75, 3.05) is 56.0 Å². The van der Waals surface area contributed by atoms with Crippen molar-refractivity contribution in [3.8, 4) is 0 Å². The first-order valence-electron chi connectivity index (χ1n) is 26.7. The molecule has 18 heteroatoms. The Labute approximate surface area is 479 Å². The molecule has 0 radical (unpaired) electrons. The molecule has 0 aliphatic rings. The van der Waals surface area contributed by atoms with Gasteiger partial charge in [0.05, 0.1) is 39.6 Å². The van der Waals surface area contributed by atoms with Crippen LogP contribution in [-0.4, -0.2) is 90.4 Å². The molecule has 0 unspecified atom stereocenters. The molecule has 0 fully saturated rings. The number of hydrogen-bond donors (Lipinski definition) is 3. The highest BCUT2D eigenvalue weighted by atomic mass is 16.6. The molecular formula is C63H86N6O12. The Kier molecular flexibility index (Phi) is 24.1. The number of carbonyl (C=O) groups excluding carboxylic acids is 6. The number of nitrogens with zero attached hydrogens (tertiary/aromatic N) is 3. The Morgan fingerprint density at radius 1 is 0.358 bits per heavy atom. The lowest BCUT2D eigenvalue weighted by Crippen LogP contribution is -2.25. The molecule has 81 heavy (non-hydrogen) atoms. The Morgan fingerprint density at radius 2 is 0.580 bits per heavy atom. The van der Waals surface area contributed by atoms with Crippen LogP contribution in [0.15, 0.2) is 95.6 Å². The molecule has 4 N–H and O–H groups in total. The maximum atomic E-state index is 13.0. The number of nitrogens with one attached hydrogen (secondary N) is 2.